The second kappa shape index (κ2) is 11.1. The summed E-state index contributed by atoms with van der Waals surface area (Å²) in [4.78, 5) is 38.3. The Hall–Kier alpha value is -3.38. The standard InChI is InChI=1S/C21H22ClFN4O2.C2HF3O2/c1-13-17(22)11-19-20(28)25-12-15(27(13)19)9-14-3-4-18(23)16(10-14)21(29)26-7-2-5-24-6-8-26;3-2(4,5)1(6)7/h3-4,10-12,24H,2,5-9H2,1H3,(H,25,28);(H,6,7). The molecule has 0 saturated carbocycles. The van der Waals surface area contributed by atoms with Crippen LogP contribution in [-0.2, 0) is 11.2 Å². The molecule has 1 amide bonds. The van der Waals surface area contributed by atoms with Crippen molar-refractivity contribution in [2.24, 2.45) is 0 Å². The number of carbonyl (C=O) groups is 2. The molecule has 3 aromatic rings. The van der Waals surface area contributed by atoms with Crippen LogP contribution in [0.4, 0.5) is 17.6 Å². The Morgan fingerprint density at radius 2 is 1.86 bits per heavy atom. The van der Waals surface area contributed by atoms with Gasteiger partial charge in [0.25, 0.3) is 11.5 Å². The number of H-pyrrole nitrogens is 1. The van der Waals surface area contributed by atoms with Crippen molar-refractivity contribution < 1.29 is 32.3 Å². The third-order valence-corrected chi connectivity index (χ3v) is 5.97. The summed E-state index contributed by atoms with van der Waals surface area (Å²) in [7, 11) is 0. The minimum atomic E-state index is -5.08. The SMILES string of the molecule is Cc1c(Cl)cc2c(=O)[nH]cc(Cc3ccc(F)c(C(=O)N4CCCNCC4)c3)n12.O=C(O)C(F)(F)F. The molecular weight excluding hydrogens is 508 g/mol. The number of halogens is 5. The zero-order valence-electron chi connectivity index (χ0n) is 19.1. The van der Waals surface area contributed by atoms with Gasteiger partial charge in [0.15, 0.2) is 0 Å². The molecule has 1 aliphatic heterocycles. The number of nitrogens with one attached hydrogen (secondary N) is 2. The van der Waals surface area contributed by atoms with E-state index in [9.17, 15) is 27.2 Å². The highest BCUT2D eigenvalue weighted by Gasteiger charge is 2.38. The van der Waals surface area contributed by atoms with E-state index in [1.54, 1.807) is 33.7 Å². The van der Waals surface area contributed by atoms with Gasteiger partial charge in [-0.1, -0.05) is 17.7 Å². The lowest BCUT2D eigenvalue weighted by atomic mass is 10.0. The van der Waals surface area contributed by atoms with Crippen molar-refractivity contribution in [3.8, 4) is 0 Å². The van der Waals surface area contributed by atoms with Crippen LogP contribution >= 0.6 is 11.6 Å². The van der Waals surface area contributed by atoms with Crippen molar-refractivity contribution in [3.63, 3.8) is 0 Å². The first-order valence-electron chi connectivity index (χ1n) is 10.9. The summed E-state index contributed by atoms with van der Waals surface area (Å²) in [5.74, 6) is -3.57. The highest BCUT2D eigenvalue weighted by molar-refractivity contribution is 6.31. The van der Waals surface area contributed by atoms with Crippen molar-refractivity contribution >= 4 is 29.0 Å². The Morgan fingerprint density at radius 3 is 2.53 bits per heavy atom. The molecule has 1 aromatic carbocycles. The Morgan fingerprint density at radius 1 is 1.17 bits per heavy atom. The third kappa shape index (κ3) is 6.24. The molecule has 3 N–H and O–H groups in total. The average molecular weight is 531 g/mol. The number of amides is 1. The number of aliphatic carboxylic acids is 1. The molecule has 4 rings (SSSR count). The Kier molecular flexibility index (Phi) is 8.41. The fourth-order valence-electron chi connectivity index (χ4n) is 3.81. The van der Waals surface area contributed by atoms with Gasteiger partial charge < -0.3 is 24.7 Å². The van der Waals surface area contributed by atoms with Gasteiger partial charge in [-0.2, -0.15) is 13.2 Å². The first-order valence-corrected chi connectivity index (χ1v) is 11.2. The fourth-order valence-corrected chi connectivity index (χ4v) is 3.99. The summed E-state index contributed by atoms with van der Waals surface area (Å²) in [5, 5.41) is 10.9. The lowest BCUT2D eigenvalue weighted by Crippen LogP contribution is -2.34. The number of hydrogen-bond donors (Lipinski definition) is 3. The number of carbonyl (C=O) groups excluding carboxylic acids is 1. The molecule has 0 bridgehead atoms. The predicted molar refractivity (Wildman–Crippen MR) is 124 cm³/mol. The molecule has 3 heterocycles. The number of aryl methyl sites for hydroxylation is 1. The van der Waals surface area contributed by atoms with Crippen LogP contribution in [0.1, 0.15) is 33.7 Å². The van der Waals surface area contributed by atoms with Crippen LogP contribution in [0, 0.1) is 12.7 Å². The fraction of sp³-hybridized carbons (Fsp3) is 0.348. The van der Waals surface area contributed by atoms with Gasteiger partial charge >= 0.3 is 12.1 Å². The zero-order valence-corrected chi connectivity index (χ0v) is 19.8. The molecule has 0 atom stereocenters. The van der Waals surface area contributed by atoms with Crippen LogP contribution in [-0.4, -0.2) is 63.6 Å². The summed E-state index contributed by atoms with van der Waals surface area (Å²) in [5.41, 5.74) is 2.65. The van der Waals surface area contributed by atoms with E-state index >= 15 is 0 Å². The van der Waals surface area contributed by atoms with Gasteiger partial charge in [-0.15, -0.1) is 0 Å². The molecule has 0 spiro atoms. The molecule has 2 aromatic heterocycles. The number of carboxylic acids is 1. The number of alkyl halides is 3. The van der Waals surface area contributed by atoms with E-state index < -0.39 is 18.0 Å². The lowest BCUT2D eigenvalue weighted by Gasteiger charge is -2.20. The monoisotopic (exact) mass is 530 g/mol. The quantitative estimate of drug-likeness (QED) is 0.450. The average Bonchev–Trinajstić information content (AvgIpc) is 2.98. The molecule has 0 aliphatic carbocycles. The maximum atomic E-state index is 14.5. The largest absolute Gasteiger partial charge is 0.490 e. The summed E-state index contributed by atoms with van der Waals surface area (Å²) in [6.45, 7) is 4.57. The van der Waals surface area contributed by atoms with Crippen molar-refractivity contribution in [3.05, 3.63) is 74.2 Å². The van der Waals surface area contributed by atoms with E-state index in [1.165, 1.54) is 6.07 Å². The number of rotatable bonds is 3. The van der Waals surface area contributed by atoms with E-state index in [2.05, 4.69) is 10.3 Å². The van der Waals surface area contributed by atoms with E-state index in [0.29, 0.717) is 36.6 Å². The molecule has 8 nitrogen and oxygen atoms in total. The van der Waals surface area contributed by atoms with Crippen LogP contribution in [0.3, 0.4) is 0 Å². The maximum absolute atomic E-state index is 14.5. The molecule has 1 fully saturated rings. The van der Waals surface area contributed by atoms with Gasteiger partial charge in [-0.3, -0.25) is 9.59 Å². The molecule has 194 valence electrons. The van der Waals surface area contributed by atoms with Gasteiger partial charge in [0.2, 0.25) is 0 Å². The van der Waals surface area contributed by atoms with Crippen LogP contribution in [0.25, 0.3) is 5.52 Å². The maximum Gasteiger partial charge on any atom is 0.490 e. The number of hydrogen-bond acceptors (Lipinski definition) is 4. The molecule has 1 saturated heterocycles. The molecule has 0 unspecified atom stereocenters. The molecular formula is C23H23ClF4N4O4. The first kappa shape index (κ1) is 27.2. The number of aromatic amines is 1. The highest BCUT2D eigenvalue weighted by Crippen LogP contribution is 2.22. The Bertz CT molecular complexity index is 1330. The van der Waals surface area contributed by atoms with Gasteiger partial charge in [-0.25, -0.2) is 9.18 Å². The van der Waals surface area contributed by atoms with Gasteiger partial charge in [-0.05, 0) is 43.7 Å². The van der Waals surface area contributed by atoms with Crippen molar-refractivity contribution in [2.45, 2.75) is 25.9 Å². The Labute approximate surface area is 207 Å². The normalized spacial score (nSPS) is 14.2. The first-order chi connectivity index (χ1) is 16.9. The molecule has 36 heavy (non-hydrogen) atoms. The summed E-state index contributed by atoms with van der Waals surface area (Å²) >= 11 is 6.21. The van der Waals surface area contributed by atoms with E-state index in [1.807, 2.05) is 6.92 Å². The number of aromatic nitrogens is 2. The minimum absolute atomic E-state index is 0.0762. The van der Waals surface area contributed by atoms with Crippen LogP contribution < -0.4 is 10.9 Å². The molecule has 0 radical (unpaired) electrons. The second-order valence-corrected chi connectivity index (χ2v) is 8.50. The summed E-state index contributed by atoms with van der Waals surface area (Å²) < 4.78 is 48.0. The predicted octanol–water partition coefficient (Wildman–Crippen LogP) is 3.39. The summed E-state index contributed by atoms with van der Waals surface area (Å²) in [6, 6.07) is 6.23. The van der Waals surface area contributed by atoms with Crippen LogP contribution in [0.2, 0.25) is 5.02 Å². The van der Waals surface area contributed by atoms with Crippen molar-refractivity contribution in [1.82, 2.24) is 19.6 Å². The van der Waals surface area contributed by atoms with Gasteiger partial charge in [0.1, 0.15) is 11.3 Å². The van der Waals surface area contributed by atoms with Crippen molar-refractivity contribution in [2.75, 3.05) is 26.2 Å². The molecule has 1 aliphatic rings. The Balaban J connectivity index is 0.000000454. The minimum Gasteiger partial charge on any atom is -0.475 e. The van der Waals surface area contributed by atoms with E-state index in [-0.39, 0.29) is 17.0 Å². The lowest BCUT2D eigenvalue weighted by molar-refractivity contribution is -0.192. The number of fused-ring (bicyclic) bond motifs is 1. The zero-order chi connectivity index (χ0) is 26.6. The van der Waals surface area contributed by atoms with Gasteiger partial charge in [0, 0.05) is 43.6 Å². The number of nitrogens with zero attached hydrogens (tertiary/aromatic N) is 2. The summed E-state index contributed by atoms with van der Waals surface area (Å²) in [6.07, 6.45) is -2.19. The topological polar surface area (TPSA) is 107 Å². The smallest absolute Gasteiger partial charge is 0.475 e. The van der Waals surface area contributed by atoms with Crippen LogP contribution in [0.15, 0.2) is 35.3 Å². The van der Waals surface area contributed by atoms with Crippen molar-refractivity contribution in [1.29, 1.82) is 0 Å². The second-order valence-electron chi connectivity index (χ2n) is 8.10. The van der Waals surface area contributed by atoms with E-state index in [4.69, 9.17) is 21.5 Å². The number of benzene rings is 1. The van der Waals surface area contributed by atoms with Gasteiger partial charge in [0.05, 0.1) is 10.6 Å². The third-order valence-electron chi connectivity index (χ3n) is 5.59. The highest BCUT2D eigenvalue weighted by atomic mass is 35.5. The van der Waals surface area contributed by atoms with Crippen LogP contribution in [0.5, 0.6) is 0 Å². The number of carboxylic acid groups (broad SMARTS) is 1. The van der Waals surface area contributed by atoms with E-state index in [0.717, 1.165) is 29.9 Å². The molecule has 13 heteroatoms.